The van der Waals surface area contributed by atoms with Gasteiger partial charge < -0.3 is 13.0 Å². The monoisotopic (exact) mass is 472 g/mol. The molecule has 0 heterocycles. The summed E-state index contributed by atoms with van der Waals surface area (Å²) in [6.07, 6.45) is 0.763. The number of carbonyl (C=O) groups excluding carboxylic acids is 1. The van der Waals surface area contributed by atoms with Crippen molar-refractivity contribution in [1.82, 2.24) is 0 Å². The summed E-state index contributed by atoms with van der Waals surface area (Å²) < 4.78 is 19.5. The van der Waals surface area contributed by atoms with Crippen LogP contribution in [-0.2, 0) is 17.8 Å². The second-order valence-corrected chi connectivity index (χ2v) is 21.7. The van der Waals surface area contributed by atoms with E-state index in [0.29, 0.717) is 12.2 Å². The van der Waals surface area contributed by atoms with E-state index >= 15 is 0 Å². The summed E-state index contributed by atoms with van der Waals surface area (Å²) in [5, 5.41) is 2.27. The molecule has 0 aliphatic carbocycles. The Morgan fingerprint density at radius 3 is 1.74 bits per heavy atom. The zero-order valence-corrected chi connectivity index (χ0v) is 22.7. The molecule has 0 saturated heterocycles. The van der Waals surface area contributed by atoms with E-state index in [4.69, 9.17) is 13.0 Å². The molecule has 4 nitrogen and oxygen atoms in total. The zero-order valence-electron chi connectivity index (χ0n) is 19.7. The molecular weight excluding hydrogens is 437 g/mol. The topological polar surface area (TPSA) is 44.8 Å². The third-order valence-electron chi connectivity index (χ3n) is 4.68. The predicted octanol–water partition coefficient (Wildman–Crippen LogP) is 4.83. The first-order valence-corrected chi connectivity index (χ1v) is 19.1. The van der Waals surface area contributed by atoms with Gasteiger partial charge in [-0.05, 0) is 62.5 Å². The normalized spacial score (nSPS) is 12.5. The molecule has 0 aliphatic heterocycles. The predicted molar refractivity (Wildman–Crippen MR) is 136 cm³/mol. The van der Waals surface area contributed by atoms with E-state index in [2.05, 4.69) is 87.8 Å². The first-order valence-electron chi connectivity index (χ1n) is 10.8. The summed E-state index contributed by atoms with van der Waals surface area (Å²) in [5.74, 6) is -0.334. The Hall–Kier alpha value is -1.78. The highest BCUT2D eigenvalue weighted by atomic mass is 28.5. The Morgan fingerprint density at radius 2 is 1.32 bits per heavy atom. The second-order valence-electron chi connectivity index (χ2n) is 9.44. The maximum Gasteiger partial charge on any atom is 0.386 e. The Kier molecular flexibility index (Phi) is 8.79. The van der Waals surface area contributed by atoms with Gasteiger partial charge in [0.15, 0.2) is 16.6 Å². The number of hydrogen-bond acceptors (Lipinski definition) is 4. The van der Waals surface area contributed by atoms with Gasteiger partial charge in [0.1, 0.15) is 0 Å². The van der Waals surface area contributed by atoms with Crippen molar-refractivity contribution >= 4 is 41.5 Å². The molecule has 0 N–H and O–H groups in total. The van der Waals surface area contributed by atoms with Crippen molar-refractivity contribution in [3.05, 3.63) is 72.8 Å². The van der Waals surface area contributed by atoms with Gasteiger partial charge in [-0.1, -0.05) is 67.2 Å². The average molecular weight is 473 g/mol. The highest BCUT2D eigenvalue weighted by molar-refractivity contribution is 7.02. The van der Waals surface area contributed by atoms with Gasteiger partial charge in [-0.25, -0.2) is 4.79 Å². The van der Waals surface area contributed by atoms with Crippen molar-refractivity contribution < 1.29 is 17.8 Å². The maximum atomic E-state index is 11.7. The van der Waals surface area contributed by atoms with Gasteiger partial charge in [-0.3, -0.25) is 0 Å². The van der Waals surface area contributed by atoms with E-state index < -0.39 is 25.2 Å². The number of carbonyl (C=O) groups is 1. The molecule has 2 rings (SSSR count). The average Bonchev–Trinajstić information content (AvgIpc) is 2.70. The minimum Gasteiger partial charge on any atom is -0.462 e. The molecule has 0 radical (unpaired) electrons. The van der Waals surface area contributed by atoms with Crippen molar-refractivity contribution in [2.75, 3.05) is 6.61 Å². The quantitative estimate of drug-likeness (QED) is 0.203. The van der Waals surface area contributed by atoms with Crippen LogP contribution >= 0.6 is 0 Å². The van der Waals surface area contributed by atoms with Crippen LogP contribution in [0.15, 0.2) is 72.8 Å². The van der Waals surface area contributed by atoms with Crippen LogP contribution in [0, 0.1) is 0 Å². The Morgan fingerprint density at radius 1 is 0.839 bits per heavy atom. The molecule has 168 valence electrons. The Balaban J connectivity index is 2.35. The summed E-state index contributed by atoms with van der Waals surface area (Å²) in [4.78, 5) is 11.7. The lowest BCUT2D eigenvalue weighted by Gasteiger charge is -2.42. The van der Waals surface area contributed by atoms with Gasteiger partial charge in [0.25, 0.3) is 0 Å². The minimum atomic E-state index is -2.92. The molecule has 0 atom stereocenters. The molecule has 31 heavy (non-hydrogen) atoms. The number of esters is 1. The fourth-order valence-corrected chi connectivity index (χ4v) is 15.4. The number of benzene rings is 2. The zero-order chi connectivity index (χ0) is 23.1. The first kappa shape index (κ1) is 25.5. The second kappa shape index (κ2) is 10.7. The van der Waals surface area contributed by atoms with Gasteiger partial charge in [0, 0.05) is 5.57 Å². The van der Waals surface area contributed by atoms with Crippen LogP contribution in [0.2, 0.25) is 38.8 Å². The Bertz CT molecular complexity index is 822. The van der Waals surface area contributed by atoms with Crippen LogP contribution in [-0.4, -0.2) is 37.8 Å². The molecule has 7 heteroatoms. The third kappa shape index (κ3) is 7.69. The van der Waals surface area contributed by atoms with Gasteiger partial charge in [-0.2, -0.15) is 0 Å². The summed E-state index contributed by atoms with van der Waals surface area (Å²) in [5.41, 5.74) is 0.427. The van der Waals surface area contributed by atoms with Crippen LogP contribution < -0.4 is 10.4 Å². The SMILES string of the molecule is C=C(C)C(=O)OCCC[Si](C)(C)O[Si](O[Si](C)(C)C)(c1ccccc1)c1ccccc1. The fourth-order valence-electron chi connectivity index (χ4n) is 3.40. The van der Waals surface area contributed by atoms with Gasteiger partial charge in [0.05, 0.1) is 6.61 Å². The molecule has 0 unspecified atom stereocenters. The number of rotatable bonds is 11. The molecule has 2 aromatic rings. The summed E-state index contributed by atoms with van der Waals surface area (Å²) >= 11 is 0. The van der Waals surface area contributed by atoms with E-state index in [1.807, 2.05) is 12.1 Å². The minimum absolute atomic E-state index is 0.334. The van der Waals surface area contributed by atoms with Gasteiger partial charge in [-0.15, -0.1) is 0 Å². The van der Waals surface area contributed by atoms with Gasteiger partial charge in [0.2, 0.25) is 0 Å². The van der Waals surface area contributed by atoms with E-state index in [-0.39, 0.29) is 5.97 Å². The van der Waals surface area contributed by atoms with Crippen LogP contribution in [0.25, 0.3) is 0 Å². The van der Waals surface area contributed by atoms with Crippen molar-refractivity contribution in [2.24, 2.45) is 0 Å². The first-order chi connectivity index (χ1) is 14.5. The van der Waals surface area contributed by atoms with E-state index in [0.717, 1.165) is 22.8 Å². The van der Waals surface area contributed by atoms with Gasteiger partial charge >= 0.3 is 14.5 Å². The largest absolute Gasteiger partial charge is 0.462 e. The molecule has 0 amide bonds. The van der Waals surface area contributed by atoms with E-state index in [1.54, 1.807) is 6.92 Å². The lowest BCUT2D eigenvalue weighted by Crippen LogP contribution is -2.69. The summed E-state index contributed by atoms with van der Waals surface area (Å²) in [6.45, 7) is 16.8. The van der Waals surface area contributed by atoms with Crippen LogP contribution in [0.1, 0.15) is 13.3 Å². The van der Waals surface area contributed by atoms with Crippen molar-refractivity contribution in [3.63, 3.8) is 0 Å². The van der Waals surface area contributed by atoms with Crippen molar-refractivity contribution in [3.8, 4) is 0 Å². The maximum absolute atomic E-state index is 11.7. The molecule has 0 aromatic heterocycles. The standard InChI is InChI=1S/C24H36O4Si3/c1-21(2)24(25)26-19-14-20-30(6,7)28-31(27-29(3,4)5,22-15-10-8-11-16-22)23-17-12-9-13-18-23/h8-13,15-18H,1,14,19-20H2,2-7H3. The smallest absolute Gasteiger partial charge is 0.386 e. The van der Waals surface area contributed by atoms with Crippen LogP contribution in [0.5, 0.6) is 0 Å². The lowest BCUT2D eigenvalue weighted by atomic mass is 10.4. The van der Waals surface area contributed by atoms with Crippen molar-refractivity contribution in [2.45, 2.75) is 52.1 Å². The number of ether oxygens (including phenoxy) is 1. The molecule has 0 spiro atoms. The van der Waals surface area contributed by atoms with Crippen molar-refractivity contribution in [1.29, 1.82) is 0 Å². The molecule has 0 fully saturated rings. The fraction of sp³-hybridized carbons (Fsp3) is 0.375. The Labute approximate surface area is 190 Å². The third-order valence-corrected chi connectivity index (χ3v) is 15.4. The highest BCUT2D eigenvalue weighted by Gasteiger charge is 2.49. The molecule has 0 saturated carbocycles. The molecular formula is C24H36O4Si3. The van der Waals surface area contributed by atoms with E-state index in [9.17, 15) is 4.79 Å². The van der Waals surface area contributed by atoms with E-state index in [1.165, 1.54) is 0 Å². The summed E-state index contributed by atoms with van der Waals surface area (Å²) in [7, 11) is -7.02. The van der Waals surface area contributed by atoms with Crippen LogP contribution in [0.4, 0.5) is 0 Å². The van der Waals surface area contributed by atoms with Crippen LogP contribution in [0.3, 0.4) is 0 Å². The highest BCUT2D eigenvalue weighted by Crippen LogP contribution is 2.24. The lowest BCUT2D eigenvalue weighted by molar-refractivity contribution is -0.138. The number of hydrogen-bond donors (Lipinski definition) is 0. The molecule has 2 aromatic carbocycles. The summed E-state index contributed by atoms with van der Waals surface area (Å²) in [6, 6.07) is 21.7. The molecule has 0 aliphatic rings. The molecule has 0 bridgehead atoms.